The number of nitrogens with two attached hydrogens (primary N) is 1. The Kier molecular flexibility index (Phi) is 6.92. The predicted octanol–water partition coefficient (Wildman–Crippen LogP) is -2.57. The van der Waals surface area contributed by atoms with Crippen molar-refractivity contribution in [1.29, 1.82) is 0 Å². The Hall–Kier alpha value is -3.99. The number of carboxylic acids is 2. The second kappa shape index (κ2) is 9.81. The largest absolute Gasteiger partial charge is 0.543 e. The Bertz CT molecular complexity index is 1350. The molecule has 37 heavy (non-hydrogen) atoms. The fourth-order valence-corrected chi connectivity index (χ4v) is 5.38. The summed E-state index contributed by atoms with van der Waals surface area (Å²) in [4.78, 5) is 59.5. The molecule has 2 atom stereocenters. The zero-order valence-corrected chi connectivity index (χ0v) is 21.4. The number of aromatic nitrogens is 4. The highest BCUT2D eigenvalue weighted by Gasteiger charge is 2.53. The SMILES string of the molecule is C[n+]1ccn(CC2=C(C(=O)[O-])N3C(=O)[C@@H](NC(=O)/C(=N\OC(C)(C)C(=O)O)c4csc(N)n4)[C@H]3SC2)n1. The van der Waals surface area contributed by atoms with Crippen LogP contribution in [0.3, 0.4) is 0 Å². The first kappa shape index (κ1) is 26.1. The minimum atomic E-state index is -1.76. The average molecular weight is 551 g/mol. The van der Waals surface area contributed by atoms with Crippen LogP contribution in [0.4, 0.5) is 5.13 Å². The van der Waals surface area contributed by atoms with Crippen molar-refractivity contribution in [3.05, 3.63) is 34.7 Å². The monoisotopic (exact) mass is 550 g/mol. The van der Waals surface area contributed by atoms with Crippen LogP contribution in [0.15, 0.2) is 34.2 Å². The second-order valence-electron chi connectivity index (χ2n) is 8.58. The maximum Gasteiger partial charge on any atom is 0.350 e. The summed E-state index contributed by atoms with van der Waals surface area (Å²) in [6.07, 6.45) is 3.35. The minimum absolute atomic E-state index is 0.0195. The topological polar surface area (TPSA) is 209 Å². The van der Waals surface area contributed by atoms with E-state index in [2.05, 4.69) is 20.7 Å². The van der Waals surface area contributed by atoms with E-state index in [4.69, 9.17) is 10.6 Å². The Morgan fingerprint density at radius 2 is 2.16 bits per heavy atom. The fraction of sp³-hybridized carbons (Fsp3) is 0.400. The lowest BCUT2D eigenvalue weighted by Crippen LogP contribution is -2.71. The van der Waals surface area contributed by atoms with Gasteiger partial charge in [0.15, 0.2) is 23.2 Å². The highest BCUT2D eigenvalue weighted by molar-refractivity contribution is 8.00. The number of anilines is 1. The quantitative estimate of drug-likeness (QED) is 0.128. The third kappa shape index (κ3) is 5.12. The second-order valence-corrected chi connectivity index (χ2v) is 10.6. The number of aliphatic carboxylic acids is 2. The van der Waals surface area contributed by atoms with Crippen LogP contribution >= 0.6 is 23.1 Å². The highest BCUT2D eigenvalue weighted by Crippen LogP contribution is 2.40. The highest BCUT2D eigenvalue weighted by atomic mass is 32.2. The first-order chi connectivity index (χ1) is 17.4. The molecule has 15 nitrogen and oxygen atoms in total. The summed E-state index contributed by atoms with van der Waals surface area (Å²) < 4.78 is 3.08. The number of carboxylic acid groups (broad SMARTS) is 2. The van der Waals surface area contributed by atoms with E-state index in [-0.39, 0.29) is 28.8 Å². The van der Waals surface area contributed by atoms with Crippen molar-refractivity contribution in [3.8, 4) is 0 Å². The molecule has 1 saturated heterocycles. The van der Waals surface area contributed by atoms with Gasteiger partial charge in [0.25, 0.3) is 11.8 Å². The summed E-state index contributed by atoms with van der Waals surface area (Å²) in [5.74, 6) is -4.11. The summed E-state index contributed by atoms with van der Waals surface area (Å²) in [5, 5.41) is 32.5. The standard InChI is InChI=1S/C20H22N8O7S2/c1-20(2,18(33)34)35-24-11(10-8-37-19(21)22-10)14(29)23-12-15(30)28-13(17(31)32)9(7-36-16(12)28)6-27-5-4-26(3)25-27/h4-5,8,12,16H,6-7H2,1-3H3,(H4-,21,22,23,29,31,32,33,34)/b24-11-/t12-,16-/m1/s1. The number of carbonyl (C=O) groups excluding carboxylic acids is 3. The summed E-state index contributed by atoms with van der Waals surface area (Å²) in [6.45, 7) is 2.62. The number of nitrogens with one attached hydrogen (secondary N) is 1. The number of nitrogens with zero attached hydrogens (tertiary/aromatic N) is 6. The smallest absolute Gasteiger partial charge is 0.350 e. The lowest BCUT2D eigenvalue weighted by molar-refractivity contribution is -0.732. The number of thioether (sulfide) groups is 1. The van der Waals surface area contributed by atoms with E-state index in [0.29, 0.717) is 5.57 Å². The van der Waals surface area contributed by atoms with Crippen LogP contribution in [-0.4, -0.2) is 77.1 Å². The number of amides is 2. The number of oxime groups is 1. The zero-order chi connectivity index (χ0) is 27.1. The number of thiazole rings is 1. The van der Waals surface area contributed by atoms with E-state index in [1.807, 2.05) is 0 Å². The van der Waals surface area contributed by atoms with Gasteiger partial charge < -0.3 is 30.9 Å². The molecule has 0 saturated carbocycles. The summed E-state index contributed by atoms with van der Waals surface area (Å²) in [5.41, 5.74) is 3.70. The van der Waals surface area contributed by atoms with Crippen molar-refractivity contribution in [1.82, 2.24) is 25.1 Å². The lowest BCUT2D eigenvalue weighted by Gasteiger charge is -2.50. The summed E-state index contributed by atoms with van der Waals surface area (Å²) in [7, 11) is 1.72. The lowest BCUT2D eigenvalue weighted by atomic mass is 10.0. The Balaban J connectivity index is 1.55. The van der Waals surface area contributed by atoms with Crippen molar-refractivity contribution in [3.63, 3.8) is 0 Å². The molecule has 2 aliphatic heterocycles. The van der Waals surface area contributed by atoms with E-state index >= 15 is 0 Å². The van der Waals surface area contributed by atoms with Crippen molar-refractivity contribution in [2.45, 2.75) is 37.4 Å². The molecule has 0 aromatic carbocycles. The molecule has 4 N–H and O–H groups in total. The average Bonchev–Trinajstić information content (AvgIpc) is 3.44. The normalized spacial score (nSPS) is 19.8. The number of aryl methyl sites for hydroxylation is 1. The predicted molar refractivity (Wildman–Crippen MR) is 126 cm³/mol. The molecule has 2 amide bonds. The van der Waals surface area contributed by atoms with Gasteiger partial charge in [-0.05, 0) is 13.8 Å². The van der Waals surface area contributed by atoms with E-state index in [1.54, 1.807) is 24.1 Å². The maximum absolute atomic E-state index is 13.1. The Morgan fingerprint density at radius 1 is 1.43 bits per heavy atom. The van der Waals surface area contributed by atoms with E-state index < -0.39 is 46.5 Å². The number of β-lactam (4-membered cyclic amide) rings is 1. The maximum atomic E-state index is 13.1. The molecule has 0 bridgehead atoms. The van der Waals surface area contributed by atoms with Crippen LogP contribution in [0.25, 0.3) is 0 Å². The van der Waals surface area contributed by atoms with Gasteiger partial charge in [0.1, 0.15) is 30.7 Å². The third-order valence-electron chi connectivity index (χ3n) is 5.45. The Morgan fingerprint density at radius 3 is 2.73 bits per heavy atom. The van der Waals surface area contributed by atoms with Gasteiger partial charge in [-0.1, -0.05) is 5.16 Å². The molecular formula is C20H22N8O7S2. The van der Waals surface area contributed by atoms with Gasteiger partial charge in [-0.2, -0.15) is 0 Å². The van der Waals surface area contributed by atoms with Gasteiger partial charge >= 0.3 is 5.97 Å². The molecule has 196 valence electrons. The third-order valence-corrected chi connectivity index (χ3v) is 7.46. The van der Waals surface area contributed by atoms with Crippen LogP contribution in [0.1, 0.15) is 19.5 Å². The zero-order valence-electron chi connectivity index (χ0n) is 19.8. The van der Waals surface area contributed by atoms with Crippen LogP contribution in [0.5, 0.6) is 0 Å². The molecule has 0 unspecified atom stereocenters. The van der Waals surface area contributed by atoms with Crippen LogP contribution in [-0.2, 0) is 37.6 Å². The molecule has 0 radical (unpaired) electrons. The molecule has 0 aliphatic carbocycles. The van der Waals surface area contributed by atoms with Crippen LogP contribution < -0.4 is 20.8 Å². The summed E-state index contributed by atoms with van der Waals surface area (Å²) >= 11 is 2.29. The molecule has 2 aliphatic rings. The first-order valence-corrected chi connectivity index (χ1v) is 12.6. The Labute approximate surface area is 217 Å². The van der Waals surface area contributed by atoms with E-state index in [1.165, 1.54) is 35.7 Å². The van der Waals surface area contributed by atoms with Gasteiger partial charge in [-0.25, -0.2) is 9.78 Å². The molecule has 4 rings (SSSR count). The minimum Gasteiger partial charge on any atom is -0.543 e. The van der Waals surface area contributed by atoms with Gasteiger partial charge in [-0.15, -0.1) is 32.5 Å². The molecule has 1 fully saturated rings. The van der Waals surface area contributed by atoms with Gasteiger partial charge in [0.05, 0.1) is 16.9 Å². The van der Waals surface area contributed by atoms with Crippen molar-refractivity contribution in [2.24, 2.45) is 12.2 Å². The number of nitrogen functional groups attached to an aromatic ring is 1. The molecule has 2 aromatic rings. The first-order valence-electron chi connectivity index (χ1n) is 10.7. The number of hydrogen-bond acceptors (Lipinski definition) is 12. The van der Waals surface area contributed by atoms with Gasteiger partial charge in [0, 0.05) is 16.7 Å². The fourth-order valence-electron chi connectivity index (χ4n) is 3.50. The number of hydrogen-bond donors (Lipinski definition) is 3. The molecule has 17 heteroatoms. The number of fused-ring (bicyclic) bond motifs is 1. The van der Waals surface area contributed by atoms with Crippen LogP contribution in [0.2, 0.25) is 0 Å². The van der Waals surface area contributed by atoms with Crippen molar-refractivity contribution in [2.75, 3.05) is 11.5 Å². The van der Waals surface area contributed by atoms with Gasteiger partial charge in [0.2, 0.25) is 5.60 Å². The molecule has 0 spiro atoms. The van der Waals surface area contributed by atoms with Crippen molar-refractivity contribution >= 4 is 57.7 Å². The number of rotatable bonds is 9. The summed E-state index contributed by atoms with van der Waals surface area (Å²) in [6, 6.07) is -1.08. The molecule has 2 aromatic heterocycles. The molecular weight excluding hydrogens is 528 g/mol. The number of carbonyl (C=O) groups is 4. The molecule has 4 heterocycles. The van der Waals surface area contributed by atoms with Crippen molar-refractivity contribution < 1.29 is 38.9 Å². The van der Waals surface area contributed by atoms with Gasteiger partial charge in [-0.3, -0.25) is 14.5 Å². The van der Waals surface area contributed by atoms with E-state index in [0.717, 1.165) is 16.2 Å². The van der Waals surface area contributed by atoms with Crippen LogP contribution in [0, 0.1) is 0 Å². The van der Waals surface area contributed by atoms with E-state index in [9.17, 15) is 29.4 Å².